The number of amides is 1. The van der Waals surface area contributed by atoms with Crippen LogP contribution in [-0.2, 0) is 6.42 Å². The molecule has 1 atom stereocenters. The van der Waals surface area contributed by atoms with Crippen molar-refractivity contribution in [2.45, 2.75) is 46.6 Å². The van der Waals surface area contributed by atoms with Gasteiger partial charge in [0.2, 0.25) is 0 Å². The molecule has 1 aromatic heterocycles. The molecule has 7 heteroatoms. The first-order chi connectivity index (χ1) is 9.29. The maximum Gasteiger partial charge on any atom is 0.273 e. The van der Waals surface area contributed by atoms with Crippen molar-refractivity contribution in [3.63, 3.8) is 0 Å². The van der Waals surface area contributed by atoms with E-state index in [1.165, 1.54) is 0 Å². The third-order valence-corrected chi connectivity index (χ3v) is 4.82. The molecule has 22 heavy (non-hydrogen) atoms. The Balaban J connectivity index is 0.00000220. The average molecular weight is 368 g/mol. The average Bonchev–Trinajstić information content (AvgIpc) is 2.79. The van der Waals surface area contributed by atoms with E-state index in [0.717, 1.165) is 24.4 Å². The number of nitrogens with two attached hydrogens (primary N) is 1. The summed E-state index contributed by atoms with van der Waals surface area (Å²) in [6.07, 6.45) is 1.80. The van der Waals surface area contributed by atoms with Gasteiger partial charge in [0.15, 0.2) is 0 Å². The lowest BCUT2D eigenvalue weighted by atomic mass is 9.79. The maximum absolute atomic E-state index is 12.5. The zero-order valence-corrected chi connectivity index (χ0v) is 16.1. The fourth-order valence-corrected chi connectivity index (χ4v) is 3.54. The highest BCUT2D eigenvalue weighted by Crippen LogP contribution is 2.28. The van der Waals surface area contributed by atoms with E-state index in [9.17, 15) is 4.79 Å². The Hall–Kier alpha value is -0.360. The zero-order valence-electron chi connectivity index (χ0n) is 13.7. The summed E-state index contributed by atoms with van der Waals surface area (Å²) in [5, 5.41) is 2.94. The van der Waals surface area contributed by atoms with E-state index in [-0.39, 0.29) is 42.2 Å². The van der Waals surface area contributed by atoms with E-state index in [2.05, 4.69) is 32.7 Å². The second-order valence-corrected chi connectivity index (χ2v) is 7.78. The number of thiazole rings is 1. The molecule has 1 saturated heterocycles. The highest BCUT2D eigenvalue weighted by atomic mass is 35.5. The molecule has 0 radical (unpaired) electrons. The number of carbonyl (C=O) groups excluding carboxylic acids is 1. The van der Waals surface area contributed by atoms with Gasteiger partial charge in [-0.1, -0.05) is 27.7 Å². The van der Waals surface area contributed by atoms with E-state index < -0.39 is 0 Å². The summed E-state index contributed by atoms with van der Waals surface area (Å²) >= 11 is 1.59. The van der Waals surface area contributed by atoms with Crippen LogP contribution in [0.25, 0.3) is 0 Å². The van der Waals surface area contributed by atoms with Crippen LogP contribution in [0.5, 0.6) is 0 Å². The summed E-state index contributed by atoms with van der Waals surface area (Å²) < 4.78 is 0. The highest BCUT2D eigenvalue weighted by Gasteiger charge is 2.36. The second kappa shape index (κ2) is 8.48. The molecule has 1 amide bonds. The Morgan fingerprint density at radius 2 is 2.14 bits per heavy atom. The van der Waals surface area contributed by atoms with Crippen LogP contribution in [0.2, 0.25) is 0 Å². The molecule has 0 aliphatic carbocycles. The largest absolute Gasteiger partial charge is 0.337 e. The Kier molecular flexibility index (Phi) is 8.34. The van der Waals surface area contributed by atoms with Gasteiger partial charge in [-0.05, 0) is 17.8 Å². The molecule has 1 unspecified atom stereocenters. The molecular weight excluding hydrogens is 341 g/mol. The van der Waals surface area contributed by atoms with E-state index in [0.29, 0.717) is 18.2 Å². The molecule has 0 aromatic carbocycles. The van der Waals surface area contributed by atoms with E-state index in [1.807, 2.05) is 10.3 Å². The third kappa shape index (κ3) is 5.08. The summed E-state index contributed by atoms with van der Waals surface area (Å²) in [6.45, 7) is 10.0. The van der Waals surface area contributed by atoms with Crippen molar-refractivity contribution in [2.24, 2.45) is 17.1 Å². The summed E-state index contributed by atoms with van der Waals surface area (Å²) in [4.78, 5) is 18.9. The summed E-state index contributed by atoms with van der Waals surface area (Å²) in [5.74, 6) is 0.618. The first-order valence-corrected chi connectivity index (χ1v) is 8.17. The first-order valence-electron chi connectivity index (χ1n) is 7.29. The van der Waals surface area contributed by atoms with Crippen molar-refractivity contribution in [1.29, 1.82) is 0 Å². The molecule has 1 aromatic rings. The molecule has 1 aliphatic rings. The Bertz CT molecular complexity index is 491. The van der Waals surface area contributed by atoms with E-state index in [4.69, 9.17) is 5.73 Å². The van der Waals surface area contributed by atoms with Crippen LogP contribution < -0.4 is 5.73 Å². The predicted molar refractivity (Wildman–Crippen MR) is 97.4 cm³/mol. The number of aromatic nitrogens is 1. The Morgan fingerprint density at radius 3 is 2.68 bits per heavy atom. The van der Waals surface area contributed by atoms with Crippen molar-refractivity contribution < 1.29 is 4.79 Å². The van der Waals surface area contributed by atoms with Crippen LogP contribution >= 0.6 is 36.2 Å². The maximum atomic E-state index is 12.5. The zero-order chi connectivity index (χ0) is 14.9. The van der Waals surface area contributed by atoms with Crippen molar-refractivity contribution in [3.05, 3.63) is 16.1 Å². The van der Waals surface area contributed by atoms with Gasteiger partial charge in [-0.2, -0.15) is 0 Å². The quantitative estimate of drug-likeness (QED) is 0.890. The van der Waals surface area contributed by atoms with Crippen LogP contribution in [0.1, 0.15) is 49.6 Å². The van der Waals surface area contributed by atoms with Gasteiger partial charge in [0.05, 0.1) is 5.01 Å². The smallest absolute Gasteiger partial charge is 0.273 e. The minimum atomic E-state index is -0.0231. The van der Waals surface area contributed by atoms with Gasteiger partial charge in [-0.25, -0.2) is 4.98 Å². The molecule has 2 heterocycles. The molecule has 1 aliphatic heterocycles. The van der Waals surface area contributed by atoms with Crippen LogP contribution in [0, 0.1) is 11.3 Å². The van der Waals surface area contributed by atoms with Gasteiger partial charge in [0.1, 0.15) is 5.69 Å². The lowest BCUT2D eigenvalue weighted by Gasteiger charge is -2.42. The van der Waals surface area contributed by atoms with Gasteiger partial charge in [0.25, 0.3) is 5.91 Å². The standard InChI is InChI=1S/C15H25N3OS.2ClH/c1-10(2)7-13-17-11(8-20-13)14(19)18-6-5-12(16)15(3,4)9-18;;/h8,10,12H,5-7,9,16H2,1-4H3;2*1H. The van der Waals surface area contributed by atoms with E-state index >= 15 is 0 Å². The number of nitrogens with zero attached hydrogens (tertiary/aromatic N) is 2. The summed E-state index contributed by atoms with van der Waals surface area (Å²) in [7, 11) is 0. The normalized spacial score (nSPS) is 20.3. The number of hydrogen-bond acceptors (Lipinski definition) is 4. The summed E-state index contributed by atoms with van der Waals surface area (Å²) in [6, 6.07) is 0.165. The van der Waals surface area contributed by atoms with Crippen molar-refractivity contribution in [1.82, 2.24) is 9.88 Å². The molecule has 0 bridgehead atoms. The van der Waals surface area contributed by atoms with Gasteiger partial charge >= 0.3 is 0 Å². The minimum absolute atomic E-state index is 0. The number of hydrogen-bond donors (Lipinski definition) is 1. The van der Waals surface area contributed by atoms with Crippen LogP contribution in [0.15, 0.2) is 5.38 Å². The fourth-order valence-electron chi connectivity index (χ4n) is 2.56. The molecule has 128 valence electrons. The molecule has 0 spiro atoms. The highest BCUT2D eigenvalue weighted by molar-refractivity contribution is 7.09. The summed E-state index contributed by atoms with van der Waals surface area (Å²) in [5.41, 5.74) is 6.69. The van der Waals surface area contributed by atoms with Gasteiger partial charge < -0.3 is 10.6 Å². The fraction of sp³-hybridized carbons (Fsp3) is 0.733. The van der Waals surface area contributed by atoms with Crippen LogP contribution in [0.4, 0.5) is 0 Å². The van der Waals surface area contributed by atoms with Crippen molar-refractivity contribution in [3.8, 4) is 0 Å². The minimum Gasteiger partial charge on any atom is -0.337 e. The Morgan fingerprint density at radius 1 is 1.50 bits per heavy atom. The third-order valence-electron chi connectivity index (χ3n) is 3.95. The molecular formula is C15H27Cl2N3OS. The lowest BCUT2D eigenvalue weighted by molar-refractivity contribution is 0.0528. The van der Waals surface area contributed by atoms with E-state index in [1.54, 1.807) is 11.3 Å². The topological polar surface area (TPSA) is 59.2 Å². The Labute approximate surface area is 149 Å². The van der Waals surface area contributed by atoms with Crippen LogP contribution in [-0.4, -0.2) is 34.9 Å². The SMILES string of the molecule is CC(C)Cc1nc(C(=O)N2CCC(N)C(C)(C)C2)cs1.Cl.Cl. The first kappa shape index (κ1) is 21.6. The van der Waals surface area contributed by atoms with Gasteiger partial charge in [-0.15, -0.1) is 36.2 Å². The molecule has 2 rings (SSSR count). The van der Waals surface area contributed by atoms with Crippen molar-refractivity contribution in [2.75, 3.05) is 13.1 Å². The van der Waals surface area contributed by atoms with Crippen molar-refractivity contribution >= 4 is 42.1 Å². The lowest BCUT2D eigenvalue weighted by Crippen LogP contribution is -2.54. The van der Waals surface area contributed by atoms with Gasteiger partial charge in [0, 0.05) is 30.9 Å². The second-order valence-electron chi connectivity index (χ2n) is 6.83. The molecule has 0 saturated carbocycles. The number of carbonyl (C=O) groups is 1. The molecule has 2 N–H and O–H groups in total. The number of likely N-dealkylation sites (tertiary alicyclic amines) is 1. The monoisotopic (exact) mass is 367 g/mol. The number of rotatable bonds is 3. The van der Waals surface area contributed by atoms with Gasteiger partial charge in [-0.3, -0.25) is 4.79 Å². The predicted octanol–water partition coefficient (Wildman–Crippen LogP) is 3.38. The number of halogens is 2. The van der Waals surface area contributed by atoms with Crippen LogP contribution in [0.3, 0.4) is 0 Å². The molecule has 4 nitrogen and oxygen atoms in total. The molecule has 1 fully saturated rings. The number of piperidine rings is 1.